The fourth-order valence-corrected chi connectivity index (χ4v) is 1.49. The standard InChI is InChI=1S/C13H21NO/c1-7-9-10-12(8-2)13(4,11(3)15)14(5)6/h7-10H,1H2,2-6H3. The van der Waals surface area contributed by atoms with Crippen LogP contribution in [-0.4, -0.2) is 30.3 Å². The van der Waals surface area contributed by atoms with Crippen molar-refractivity contribution in [1.29, 1.82) is 0 Å². The van der Waals surface area contributed by atoms with Crippen LogP contribution >= 0.6 is 0 Å². The Balaban J connectivity index is 5.32. The van der Waals surface area contributed by atoms with E-state index in [2.05, 4.69) is 6.58 Å². The largest absolute Gasteiger partial charge is 0.298 e. The summed E-state index contributed by atoms with van der Waals surface area (Å²) in [7, 11) is 3.82. The van der Waals surface area contributed by atoms with Crippen LogP contribution in [0, 0.1) is 0 Å². The van der Waals surface area contributed by atoms with Gasteiger partial charge in [-0.05, 0) is 40.4 Å². The maximum Gasteiger partial charge on any atom is 0.154 e. The molecule has 0 aliphatic carbocycles. The number of hydrogen-bond donors (Lipinski definition) is 0. The molecule has 2 heteroatoms. The van der Waals surface area contributed by atoms with Gasteiger partial charge in [-0.2, -0.15) is 0 Å². The zero-order valence-corrected chi connectivity index (χ0v) is 10.4. The lowest BCUT2D eigenvalue weighted by molar-refractivity contribution is -0.124. The first kappa shape index (κ1) is 13.8. The Labute approximate surface area is 93.0 Å². The molecule has 0 heterocycles. The molecule has 2 nitrogen and oxygen atoms in total. The number of allylic oxidation sites excluding steroid dienone is 3. The van der Waals surface area contributed by atoms with Gasteiger partial charge in [-0.15, -0.1) is 0 Å². The molecule has 0 fully saturated rings. The molecule has 0 aliphatic rings. The lowest BCUT2D eigenvalue weighted by atomic mass is 9.86. The highest BCUT2D eigenvalue weighted by Crippen LogP contribution is 2.24. The Bertz CT molecular complexity index is 300. The number of carbonyl (C=O) groups excluding carboxylic acids is 1. The van der Waals surface area contributed by atoms with Gasteiger partial charge in [-0.1, -0.05) is 30.9 Å². The van der Waals surface area contributed by atoms with Gasteiger partial charge in [0.2, 0.25) is 0 Å². The van der Waals surface area contributed by atoms with Crippen LogP contribution in [0.4, 0.5) is 0 Å². The summed E-state index contributed by atoms with van der Waals surface area (Å²) in [4.78, 5) is 13.7. The second kappa shape index (κ2) is 5.66. The van der Waals surface area contributed by atoms with E-state index in [0.29, 0.717) is 0 Å². The Morgan fingerprint density at radius 2 is 1.93 bits per heavy atom. The second-order valence-corrected chi connectivity index (χ2v) is 3.86. The summed E-state index contributed by atoms with van der Waals surface area (Å²) in [6.07, 6.45) is 7.44. The molecule has 0 aromatic heterocycles. The topological polar surface area (TPSA) is 20.3 Å². The van der Waals surface area contributed by atoms with Gasteiger partial charge in [0, 0.05) is 0 Å². The van der Waals surface area contributed by atoms with Crippen molar-refractivity contribution < 1.29 is 4.79 Å². The van der Waals surface area contributed by atoms with Crippen molar-refractivity contribution in [3.8, 4) is 0 Å². The molecule has 0 saturated heterocycles. The zero-order valence-electron chi connectivity index (χ0n) is 10.4. The van der Waals surface area contributed by atoms with Crippen LogP contribution < -0.4 is 0 Å². The maximum absolute atomic E-state index is 11.7. The Morgan fingerprint density at radius 3 is 2.20 bits per heavy atom. The van der Waals surface area contributed by atoms with Gasteiger partial charge >= 0.3 is 0 Å². The molecule has 0 aromatic carbocycles. The van der Waals surface area contributed by atoms with Crippen LogP contribution in [0.1, 0.15) is 20.8 Å². The van der Waals surface area contributed by atoms with Gasteiger partial charge in [-0.3, -0.25) is 9.69 Å². The molecule has 1 atom stereocenters. The van der Waals surface area contributed by atoms with E-state index >= 15 is 0 Å². The summed E-state index contributed by atoms with van der Waals surface area (Å²) >= 11 is 0. The minimum Gasteiger partial charge on any atom is -0.298 e. The minimum absolute atomic E-state index is 0.134. The van der Waals surface area contributed by atoms with Crippen LogP contribution in [0.25, 0.3) is 0 Å². The van der Waals surface area contributed by atoms with Crippen LogP contribution in [0.3, 0.4) is 0 Å². The Morgan fingerprint density at radius 1 is 1.40 bits per heavy atom. The van der Waals surface area contributed by atoms with Gasteiger partial charge < -0.3 is 0 Å². The molecular weight excluding hydrogens is 186 g/mol. The van der Waals surface area contributed by atoms with E-state index in [4.69, 9.17) is 0 Å². The zero-order chi connectivity index (χ0) is 12.1. The molecule has 84 valence electrons. The van der Waals surface area contributed by atoms with Crippen molar-refractivity contribution >= 4 is 5.78 Å². The monoisotopic (exact) mass is 207 g/mol. The molecule has 0 radical (unpaired) electrons. The highest BCUT2D eigenvalue weighted by atomic mass is 16.1. The van der Waals surface area contributed by atoms with E-state index in [0.717, 1.165) is 5.57 Å². The third kappa shape index (κ3) is 2.90. The van der Waals surface area contributed by atoms with Crippen molar-refractivity contribution in [2.24, 2.45) is 0 Å². The van der Waals surface area contributed by atoms with Crippen molar-refractivity contribution in [2.45, 2.75) is 26.3 Å². The van der Waals surface area contributed by atoms with Gasteiger partial charge in [0.1, 0.15) is 5.54 Å². The highest BCUT2D eigenvalue weighted by molar-refractivity contribution is 5.90. The smallest absolute Gasteiger partial charge is 0.154 e. The van der Waals surface area contributed by atoms with Gasteiger partial charge in [0.25, 0.3) is 0 Å². The van der Waals surface area contributed by atoms with E-state index in [9.17, 15) is 4.79 Å². The molecule has 0 rings (SSSR count). The average Bonchev–Trinajstić information content (AvgIpc) is 2.17. The molecule has 0 amide bonds. The highest BCUT2D eigenvalue weighted by Gasteiger charge is 2.34. The summed E-state index contributed by atoms with van der Waals surface area (Å²) < 4.78 is 0. The Hall–Kier alpha value is -1.15. The molecule has 0 saturated carbocycles. The predicted octanol–water partition coefficient (Wildman–Crippen LogP) is 2.58. The molecule has 0 aliphatic heterocycles. The Kier molecular flexibility index (Phi) is 5.23. The van der Waals surface area contributed by atoms with E-state index < -0.39 is 5.54 Å². The molecule has 0 bridgehead atoms. The molecule has 0 N–H and O–H groups in total. The minimum atomic E-state index is -0.561. The van der Waals surface area contributed by atoms with E-state index in [1.165, 1.54) is 0 Å². The van der Waals surface area contributed by atoms with E-state index in [1.54, 1.807) is 13.0 Å². The van der Waals surface area contributed by atoms with Gasteiger partial charge in [0.15, 0.2) is 5.78 Å². The first-order valence-corrected chi connectivity index (χ1v) is 5.05. The van der Waals surface area contributed by atoms with Crippen molar-refractivity contribution in [1.82, 2.24) is 4.90 Å². The third-order valence-electron chi connectivity index (χ3n) is 2.86. The number of rotatable bonds is 5. The van der Waals surface area contributed by atoms with Gasteiger partial charge in [-0.25, -0.2) is 0 Å². The molecule has 0 aromatic rings. The number of carbonyl (C=O) groups is 1. The molecular formula is C13H21NO. The number of hydrogen-bond acceptors (Lipinski definition) is 2. The molecule has 1 unspecified atom stereocenters. The van der Waals surface area contributed by atoms with E-state index in [-0.39, 0.29) is 5.78 Å². The number of Topliss-reactive ketones (excluding diaryl/α,β-unsaturated/α-hetero) is 1. The average molecular weight is 207 g/mol. The third-order valence-corrected chi connectivity index (χ3v) is 2.86. The first-order valence-electron chi connectivity index (χ1n) is 5.05. The predicted molar refractivity (Wildman–Crippen MR) is 65.9 cm³/mol. The van der Waals surface area contributed by atoms with Gasteiger partial charge in [0.05, 0.1) is 0 Å². The summed E-state index contributed by atoms with van der Waals surface area (Å²) in [5, 5.41) is 0. The summed E-state index contributed by atoms with van der Waals surface area (Å²) in [5.41, 5.74) is 0.425. The molecule has 0 spiro atoms. The van der Waals surface area contributed by atoms with Crippen LogP contribution in [0.2, 0.25) is 0 Å². The lowest BCUT2D eigenvalue weighted by Crippen LogP contribution is -2.48. The van der Waals surface area contributed by atoms with Crippen molar-refractivity contribution in [3.05, 3.63) is 36.5 Å². The van der Waals surface area contributed by atoms with Crippen LogP contribution in [0.5, 0.6) is 0 Å². The molecule has 15 heavy (non-hydrogen) atoms. The summed E-state index contributed by atoms with van der Waals surface area (Å²) in [5.74, 6) is 0.134. The number of nitrogens with zero attached hydrogens (tertiary/aromatic N) is 1. The SMILES string of the molecule is C=CC=CC(=CC)C(C)(C(C)=O)N(C)C. The summed E-state index contributed by atoms with van der Waals surface area (Å²) in [6, 6.07) is 0. The lowest BCUT2D eigenvalue weighted by Gasteiger charge is -2.35. The van der Waals surface area contributed by atoms with Crippen molar-refractivity contribution in [2.75, 3.05) is 14.1 Å². The fourth-order valence-electron chi connectivity index (χ4n) is 1.49. The van der Waals surface area contributed by atoms with Crippen LogP contribution in [-0.2, 0) is 4.79 Å². The maximum atomic E-state index is 11.7. The number of likely N-dealkylation sites (N-methyl/N-ethyl adjacent to an activating group) is 1. The summed E-state index contributed by atoms with van der Waals surface area (Å²) in [6.45, 7) is 9.11. The van der Waals surface area contributed by atoms with E-state index in [1.807, 2.05) is 51.1 Å². The normalized spacial score (nSPS) is 16.8. The fraction of sp³-hybridized carbons (Fsp3) is 0.462. The van der Waals surface area contributed by atoms with Crippen LogP contribution in [0.15, 0.2) is 36.5 Å². The van der Waals surface area contributed by atoms with Crippen molar-refractivity contribution in [3.63, 3.8) is 0 Å². The number of ketones is 1. The first-order chi connectivity index (χ1) is 6.91. The second-order valence-electron chi connectivity index (χ2n) is 3.86. The quantitative estimate of drug-likeness (QED) is 0.646.